The number of likely N-dealkylation sites (tertiary alicyclic amines) is 1. The lowest BCUT2D eigenvalue weighted by molar-refractivity contribution is -0.143. The predicted octanol–water partition coefficient (Wildman–Crippen LogP) is 0.121. The van der Waals surface area contributed by atoms with E-state index in [-0.39, 0.29) is 11.9 Å². The van der Waals surface area contributed by atoms with Gasteiger partial charge in [-0.25, -0.2) is 4.98 Å². The molecule has 1 aromatic heterocycles. The highest BCUT2D eigenvalue weighted by Crippen LogP contribution is 2.16. The van der Waals surface area contributed by atoms with Crippen molar-refractivity contribution >= 4 is 17.2 Å². The summed E-state index contributed by atoms with van der Waals surface area (Å²) in [6.07, 6.45) is 0. The summed E-state index contributed by atoms with van der Waals surface area (Å²) in [6.45, 7) is 3.23. The number of thiazole rings is 1. The molecule has 1 aliphatic rings. The normalized spacial score (nSPS) is 21.8. The van der Waals surface area contributed by atoms with Crippen LogP contribution in [0.5, 0.6) is 0 Å². The smallest absolute Gasteiger partial charge is 0.241 e. The first-order valence-corrected chi connectivity index (χ1v) is 5.00. The lowest BCUT2D eigenvalue weighted by Crippen LogP contribution is -2.60. The van der Waals surface area contributed by atoms with E-state index >= 15 is 0 Å². The standard InChI is InChI=1S/C8H11N3OS/c1-5-4-13-7(10-5)3-11-2-6(9)8(11)12/h4,6H,2-3,9H2,1H3. The number of aromatic nitrogens is 1. The molecule has 0 aliphatic carbocycles. The molecule has 4 nitrogen and oxygen atoms in total. The van der Waals surface area contributed by atoms with Crippen LogP contribution in [0.2, 0.25) is 0 Å². The number of hydrogen-bond acceptors (Lipinski definition) is 4. The number of β-lactam (4-membered cyclic amide) rings is 1. The van der Waals surface area contributed by atoms with Gasteiger partial charge in [-0.05, 0) is 6.92 Å². The Morgan fingerprint density at radius 3 is 3.08 bits per heavy atom. The fourth-order valence-electron chi connectivity index (χ4n) is 1.31. The van der Waals surface area contributed by atoms with Gasteiger partial charge in [0, 0.05) is 17.6 Å². The van der Waals surface area contributed by atoms with Crippen LogP contribution in [-0.2, 0) is 11.3 Å². The number of aryl methyl sites for hydroxylation is 1. The van der Waals surface area contributed by atoms with Crippen molar-refractivity contribution in [3.05, 3.63) is 16.1 Å². The van der Waals surface area contributed by atoms with Crippen molar-refractivity contribution < 1.29 is 4.79 Å². The Kier molecular flexibility index (Phi) is 2.05. The number of nitrogens with zero attached hydrogens (tertiary/aromatic N) is 2. The molecule has 2 rings (SSSR count). The second-order valence-corrected chi connectivity index (χ2v) is 4.15. The van der Waals surface area contributed by atoms with Crippen LogP contribution in [0.3, 0.4) is 0 Å². The molecule has 0 aromatic carbocycles. The number of nitrogens with two attached hydrogens (primary N) is 1. The highest BCUT2D eigenvalue weighted by Gasteiger charge is 2.33. The van der Waals surface area contributed by atoms with E-state index in [1.807, 2.05) is 12.3 Å². The van der Waals surface area contributed by atoms with E-state index in [4.69, 9.17) is 5.73 Å². The van der Waals surface area contributed by atoms with Gasteiger partial charge in [0.1, 0.15) is 11.0 Å². The minimum atomic E-state index is -0.277. The maximum atomic E-state index is 11.2. The van der Waals surface area contributed by atoms with E-state index in [2.05, 4.69) is 4.98 Å². The van der Waals surface area contributed by atoms with Gasteiger partial charge in [0.15, 0.2) is 0 Å². The molecule has 1 amide bonds. The van der Waals surface area contributed by atoms with E-state index in [1.165, 1.54) is 0 Å². The molecule has 70 valence electrons. The van der Waals surface area contributed by atoms with Crippen LogP contribution in [-0.4, -0.2) is 28.4 Å². The van der Waals surface area contributed by atoms with Gasteiger partial charge in [0.2, 0.25) is 5.91 Å². The minimum absolute atomic E-state index is 0.0350. The third kappa shape index (κ3) is 1.57. The zero-order valence-corrected chi connectivity index (χ0v) is 8.17. The van der Waals surface area contributed by atoms with Crippen molar-refractivity contribution in [2.75, 3.05) is 6.54 Å². The van der Waals surface area contributed by atoms with Gasteiger partial charge >= 0.3 is 0 Å². The molecule has 0 saturated carbocycles. The lowest BCUT2D eigenvalue weighted by Gasteiger charge is -2.35. The second-order valence-electron chi connectivity index (χ2n) is 3.21. The first-order valence-electron chi connectivity index (χ1n) is 4.12. The van der Waals surface area contributed by atoms with Crippen LogP contribution >= 0.6 is 11.3 Å². The van der Waals surface area contributed by atoms with Crippen LogP contribution in [0, 0.1) is 6.92 Å². The Balaban J connectivity index is 1.96. The molecular formula is C8H11N3OS. The summed E-state index contributed by atoms with van der Waals surface area (Å²) in [7, 11) is 0. The second kappa shape index (κ2) is 3.08. The maximum absolute atomic E-state index is 11.2. The molecular weight excluding hydrogens is 186 g/mol. The van der Waals surface area contributed by atoms with Gasteiger partial charge in [-0.1, -0.05) is 0 Å². The highest BCUT2D eigenvalue weighted by atomic mass is 32.1. The molecule has 2 N–H and O–H groups in total. The van der Waals surface area contributed by atoms with Crippen molar-refractivity contribution in [2.24, 2.45) is 5.73 Å². The van der Waals surface area contributed by atoms with Gasteiger partial charge in [-0.3, -0.25) is 4.79 Å². The summed E-state index contributed by atoms with van der Waals surface area (Å²) in [5.74, 6) is 0.0350. The topological polar surface area (TPSA) is 59.2 Å². The van der Waals surface area contributed by atoms with E-state index in [0.717, 1.165) is 10.7 Å². The molecule has 0 spiro atoms. The van der Waals surface area contributed by atoms with Crippen LogP contribution in [0.15, 0.2) is 5.38 Å². The molecule has 13 heavy (non-hydrogen) atoms. The molecule has 1 fully saturated rings. The Morgan fingerprint density at radius 1 is 1.85 bits per heavy atom. The molecule has 1 unspecified atom stereocenters. The van der Waals surface area contributed by atoms with Gasteiger partial charge < -0.3 is 10.6 Å². The fraction of sp³-hybridized carbons (Fsp3) is 0.500. The summed E-state index contributed by atoms with van der Waals surface area (Å²) >= 11 is 1.58. The summed E-state index contributed by atoms with van der Waals surface area (Å²) < 4.78 is 0. The molecule has 1 atom stereocenters. The van der Waals surface area contributed by atoms with Crippen molar-refractivity contribution in [3.8, 4) is 0 Å². The SMILES string of the molecule is Cc1csc(CN2CC(N)C2=O)n1. The largest absolute Gasteiger partial charge is 0.332 e. The van der Waals surface area contributed by atoms with Gasteiger partial charge in [0.05, 0.1) is 6.54 Å². The molecule has 1 aliphatic heterocycles. The van der Waals surface area contributed by atoms with Gasteiger partial charge in [-0.2, -0.15) is 0 Å². The Bertz CT molecular complexity index is 336. The summed E-state index contributed by atoms with van der Waals surface area (Å²) in [5.41, 5.74) is 6.47. The number of carbonyl (C=O) groups is 1. The zero-order valence-electron chi connectivity index (χ0n) is 7.36. The van der Waals surface area contributed by atoms with Crippen LogP contribution in [0.4, 0.5) is 0 Å². The molecule has 1 saturated heterocycles. The molecule has 0 radical (unpaired) electrons. The minimum Gasteiger partial charge on any atom is -0.332 e. The fourth-order valence-corrected chi connectivity index (χ4v) is 2.10. The molecule has 1 aromatic rings. The molecule has 5 heteroatoms. The zero-order chi connectivity index (χ0) is 9.42. The van der Waals surface area contributed by atoms with Crippen LogP contribution in [0.1, 0.15) is 10.7 Å². The third-order valence-corrected chi connectivity index (χ3v) is 2.99. The number of carbonyl (C=O) groups excluding carboxylic acids is 1. The number of amides is 1. The van der Waals surface area contributed by atoms with Crippen molar-refractivity contribution in [1.82, 2.24) is 9.88 Å². The van der Waals surface area contributed by atoms with Crippen molar-refractivity contribution in [2.45, 2.75) is 19.5 Å². The third-order valence-electron chi connectivity index (χ3n) is 2.04. The Morgan fingerprint density at radius 2 is 2.62 bits per heavy atom. The van der Waals surface area contributed by atoms with E-state index in [1.54, 1.807) is 16.2 Å². The number of hydrogen-bond donors (Lipinski definition) is 1. The average Bonchev–Trinajstić information content (AvgIpc) is 2.50. The molecule has 2 heterocycles. The Hall–Kier alpha value is -0.940. The van der Waals surface area contributed by atoms with Crippen LogP contribution < -0.4 is 5.73 Å². The van der Waals surface area contributed by atoms with Crippen molar-refractivity contribution in [1.29, 1.82) is 0 Å². The van der Waals surface area contributed by atoms with Crippen LogP contribution in [0.25, 0.3) is 0 Å². The summed E-state index contributed by atoms with van der Waals surface area (Å²) in [5, 5.41) is 2.97. The monoisotopic (exact) mass is 197 g/mol. The number of rotatable bonds is 2. The Labute approximate surface area is 80.4 Å². The van der Waals surface area contributed by atoms with E-state index < -0.39 is 0 Å². The van der Waals surface area contributed by atoms with Gasteiger partial charge in [0.25, 0.3) is 0 Å². The first kappa shape index (κ1) is 8.65. The van der Waals surface area contributed by atoms with Crippen molar-refractivity contribution in [3.63, 3.8) is 0 Å². The highest BCUT2D eigenvalue weighted by molar-refractivity contribution is 7.09. The predicted molar refractivity (Wildman–Crippen MR) is 50.2 cm³/mol. The maximum Gasteiger partial charge on any atom is 0.241 e. The van der Waals surface area contributed by atoms with Gasteiger partial charge in [-0.15, -0.1) is 11.3 Å². The quantitative estimate of drug-likeness (QED) is 0.685. The lowest BCUT2D eigenvalue weighted by atomic mass is 10.1. The van der Waals surface area contributed by atoms with E-state index in [0.29, 0.717) is 13.1 Å². The molecule has 0 bridgehead atoms. The first-order chi connectivity index (χ1) is 6.16. The van der Waals surface area contributed by atoms with E-state index in [9.17, 15) is 4.79 Å². The summed E-state index contributed by atoms with van der Waals surface area (Å²) in [4.78, 5) is 17.2. The summed E-state index contributed by atoms with van der Waals surface area (Å²) in [6, 6.07) is -0.277. The average molecular weight is 197 g/mol.